The van der Waals surface area contributed by atoms with Crippen molar-refractivity contribution in [2.24, 2.45) is 0 Å². The van der Waals surface area contributed by atoms with Gasteiger partial charge in [0.15, 0.2) is 5.60 Å². The van der Waals surface area contributed by atoms with Crippen LogP contribution in [0.2, 0.25) is 5.02 Å². The Hall–Kier alpha value is -4.10. The van der Waals surface area contributed by atoms with Gasteiger partial charge >= 0.3 is 0 Å². The zero-order valence-electron chi connectivity index (χ0n) is 20.6. The van der Waals surface area contributed by atoms with Gasteiger partial charge in [-0.3, -0.25) is 4.79 Å². The van der Waals surface area contributed by atoms with Crippen molar-refractivity contribution in [2.75, 3.05) is 16.0 Å². The molecule has 0 spiro atoms. The zero-order chi connectivity index (χ0) is 25.7. The van der Waals surface area contributed by atoms with Gasteiger partial charge in [-0.25, -0.2) is 9.97 Å². The Kier molecular flexibility index (Phi) is 7.41. The van der Waals surface area contributed by atoms with Crippen LogP contribution in [-0.4, -0.2) is 21.5 Å². The molecular weight excluding hydrogens is 474 g/mol. The smallest absolute Gasteiger partial charge is 0.267 e. The number of nitrogens with zero attached hydrogens (tertiary/aromatic N) is 2. The Morgan fingerprint density at radius 1 is 0.778 bits per heavy atom. The number of benzene rings is 3. The van der Waals surface area contributed by atoms with Crippen LogP contribution in [0.25, 0.3) is 0 Å². The lowest BCUT2D eigenvalue weighted by molar-refractivity contribution is -0.128. The second kappa shape index (κ2) is 10.7. The van der Waals surface area contributed by atoms with Crippen molar-refractivity contribution in [3.8, 4) is 5.75 Å². The van der Waals surface area contributed by atoms with Crippen LogP contribution in [0.15, 0.2) is 78.9 Å². The second-order valence-corrected chi connectivity index (χ2v) is 9.34. The van der Waals surface area contributed by atoms with E-state index in [-0.39, 0.29) is 5.91 Å². The van der Waals surface area contributed by atoms with E-state index >= 15 is 0 Å². The summed E-state index contributed by atoms with van der Waals surface area (Å²) in [5, 5.41) is 10.1. The summed E-state index contributed by atoms with van der Waals surface area (Å²) in [7, 11) is 0. The number of aryl methyl sites for hydroxylation is 2. The number of carbonyl (C=O) groups excluding carboxylic acids is 1. The molecule has 0 bridgehead atoms. The minimum absolute atomic E-state index is 0.267. The predicted molar refractivity (Wildman–Crippen MR) is 146 cm³/mol. The van der Waals surface area contributed by atoms with Crippen LogP contribution in [0.4, 0.5) is 28.7 Å². The molecule has 0 saturated carbocycles. The van der Waals surface area contributed by atoms with Gasteiger partial charge in [0.25, 0.3) is 5.91 Å². The minimum Gasteiger partial charge on any atom is -0.478 e. The van der Waals surface area contributed by atoms with Crippen LogP contribution >= 0.6 is 11.6 Å². The molecule has 0 aliphatic carbocycles. The number of halogens is 1. The molecule has 0 aliphatic rings. The first-order valence-electron chi connectivity index (χ1n) is 11.5. The molecule has 7 nitrogen and oxygen atoms in total. The highest BCUT2D eigenvalue weighted by Crippen LogP contribution is 2.24. The summed E-state index contributed by atoms with van der Waals surface area (Å²) >= 11 is 5.92. The fraction of sp³-hybridized carbons (Fsp3) is 0.179. The van der Waals surface area contributed by atoms with Crippen molar-refractivity contribution in [1.82, 2.24) is 9.97 Å². The highest BCUT2D eigenvalue weighted by molar-refractivity contribution is 6.30. The summed E-state index contributed by atoms with van der Waals surface area (Å²) in [5.41, 5.74) is 2.54. The van der Waals surface area contributed by atoms with Gasteiger partial charge in [-0.1, -0.05) is 29.3 Å². The van der Waals surface area contributed by atoms with Gasteiger partial charge in [0.1, 0.15) is 23.2 Å². The van der Waals surface area contributed by atoms with Crippen LogP contribution in [0, 0.1) is 13.8 Å². The molecule has 4 aromatic rings. The van der Waals surface area contributed by atoms with Crippen LogP contribution in [-0.2, 0) is 4.79 Å². The van der Waals surface area contributed by atoms with E-state index in [0.717, 1.165) is 11.4 Å². The van der Waals surface area contributed by atoms with E-state index in [0.29, 0.717) is 33.9 Å². The molecule has 3 N–H and O–H groups in total. The molecule has 36 heavy (non-hydrogen) atoms. The van der Waals surface area contributed by atoms with E-state index < -0.39 is 5.60 Å². The van der Waals surface area contributed by atoms with E-state index in [1.165, 1.54) is 5.56 Å². The molecule has 3 aromatic carbocycles. The third-order valence-electron chi connectivity index (χ3n) is 5.31. The fourth-order valence-electron chi connectivity index (χ4n) is 3.39. The number of ether oxygens (including phenoxy) is 1. The SMILES string of the molecule is Cc1ccc(Nc2cc(Nc3ccc(NC(=O)C(C)(C)Oc4ccc(Cl)cc4)cc3)nc(C)n2)cc1. The zero-order valence-corrected chi connectivity index (χ0v) is 21.4. The van der Waals surface area contributed by atoms with Gasteiger partial charge in [-0.15, -0.1) is 0 Å². The molecule has 4 rings (SSSR count). The number of amides is 1. The molecule has 1 heterocycles. The molecule has 184 valence electrons. The van der Waals surface area contributed by atoms with Gasteiger partial charge in [-0.05, 0) is 88.4 Å². The maximum atomic E-state index is 12.8. The van der Waals surface area contributed by atoms with Crippen molar-refractivity contribution < 1.29 is 9.53 Å². The average molecular weight is 502 g/mol. The van der Waals surface area contributed by atoms with Crippen molar-refractivity contribution in [2.45, 2.75) is 33.3 Å². The Labute approximate surface area is 215 Å². The van der Waals surface area contributed by atoms with Crippen LogP contribution in [0.1, 0.15) is 25.2 Å². The first kappa shape index (κ1) is 25.0. The second-order valence-electron chi connectivity index (χ2n) is 8.90. The predicted octanol–water partition coefficient (Wildman–Crippen LogP) is 7.03. The number of hydrogen-bond donors (Lipinski definition) is 3. The van der Waals surface area contributed by atoms with Gasteiger partial charge < -0.3 is 20.7 Å². The maximum Gasteiger partial charge on any atom is 0.267 e. The minimum atomic E-state index is -1.08. The summed E-state index contributed by atoms with van der Waals surface area (Å²) in [5.74, 6) is 2.29. The van der Waals surface area contributed by atoms with E-state index in [1.807, 2.05) is 68.4 Å². The fourth-order valence-corrected chi connectivity index (χ4v) is 3.52. The van der Waals surface area contributed by atoms with E-state index in [1.54, 1.807) is 38.1 Å². The molecular formula is C28H28ClN5O2. The molecule has 8 heteroatoms. The summed E-state index contributed by atoms with van der Waals surface area (Å²) in [4.78, 5) is 21.8. The number of nitrogens with one attached hydrogen (secondary N) is 3. The number of hydrogen-bond acceptors (Lipinski definition) is 6. The van der Waals surface area contributed by atoms with Gasteiger partial charge in [-0.2, -0.15) is 0 Å². The van der Waals surface area contributed by atoms with Crippen molar-refractivity contribution in [3.05, 3.63) is 95.3 Å². The third-order valence-corrected chi connectivity index (χ3v) is 5.56. The van der Waals surface area contributed by atoms with E-state index in [4.69, 9.17) is 16.3 Å². The Morgan fingerprint density at radius 2 is 1.28 bits per heavy atom. The molecule has 0 atom stereocenters. The first-order chi connectivity index (χ1) is 17.2. The maximum absolute atomic E-state index is 12.8. The average Bonchev–Trinajstić information content (AvgIpc) is 2.83. The normalized spacial score (nSPS) is 11.0. The van der Waals surface area contributed by atoms with Crippen LogP contribution in [0.3, 0.4) is 0 Å². The summed E-state index contributed by atoms with van der Waals surface area (Å²) in [6.07, 6.45) is 0. The van der Waals surface area contributed by atoms with Gasteiger partial charge in [0, 0.05) is 28.2 Å². The lowest BCUT2D eigenvalue weighted by Crippen LogP contribution is -2.42. The first-order valence-corrected chi connectivity index (χ1v) is 11.9. The number of carbonyl (C=O) groups is 1. The quantitative estimate of drug-likeness (QED) is 0.240. The topological polar surface area (TPSA) is 88.2 Å². The van der Waals surface area contributed by atoms with Crippen LogP contribution in [0.5, 0.6) is 5.75 Å². The van der Waals surface area contributed by atoms with E-state index in [9.17, 15) is 4.79 Å². The van der Waals surface area contributed by atoms with Crippen LogP contribution < -0.4 is 20.7 Å². The van der Waals surface area contributed by atoms with E-state index in [2.05, 4.69) is 25.9 Å². The molecule has 0 fully saturated rings. The molecule has 0 unspecified atom stereocenters. The third kappa shape index (κ3) is 6.73. The summed E-state index contributed by atoms with van der Waals surface area (Å²) < 4.78 is 5.86. The molecule has 1 amide bonds. The Morgan fingerprint density at radius 3 is 1.83 bits per heavy atom. The highest BCUT2D eigenvalue weighted by atomic mass is 35.5. The molecule has 0 aliphatic heterocycles. The monoisotopic (exact) mass is 501 g/mol. The van der Waals surface area contributed by atoms with Crippen molar-refractivity contribution in [1.29, 1.82) is 0 Å². The molecule has 0 radical (unpaired) electrons. The molecule has 1 aromatic heterocycles. The van der Waals surface area contributed by atoms with Crippen molar-refractivity contribution in [3.63, 3.8) is 0 Å². The van der Waals surface area contributed by atoms with Gasteiger partial charge in [0.05, 0.1) is 0 Å². The lowest BCUT2D eigenvalue weighted by atomic mass is 10.1. The number of aromatic nitrogens is 2. The summed E-state index contributed by atoms with van der Waals surface area (Å²) in [6, 6.07) is 24.2. The standard InChI is InChI=1S/C28H28ClN5O2/c1-18-5-9-21(10-6-18)32-25-17-26(31-19(2)30-25)33-22-11-13-23(14-12-22)34-27(35)28(3,4)36-24-15-7-20(29)8-16-24/h5-17H,1-4H3,(H,34,35)(H2,30,31,32,33). The number of anilines is 5. The largest absolute Gasteiger partial charge is 0.478 e. The highest BCUT2D eigenvalue weighted by Gasteiger charge is 2.30. The Balaban J connectivity index is 1.39. The molecule has 0 saturated heterocycles. The number of rotatable bonds is 8. The Bertz CT molecular complexity index is 1340. The lowest BCUT2D eigenvalue weighted by Gasteiger charge is -2.25. The summed E-state index contributed by atoms with van der Waals surface area (Å²) in [6.45, 7) is 7.32. The van der Waals surface area contributed by atoms with Gasteiger partial charge in [0.2, 0.25) is 0 Å². The van der Waals surface area contributed by atoms with Crippen molar-refractivity contribution >= 4 is 46.2 Å².